The summed E-state index contributed by atoms with van der Waals surface area (Å²) in [6, 6.07) is 0. The summed E-state index contributed by atoms with van der Waals surface area (Å²) in [6.07, 6.45) is 3.60. The summed E-state index contributed by atoms with van der Waals surface area (Å²) in [4.78, 5) is 85.9. The number of carbonyl (C=O) groups excluding carboxylic acids is 6. The van der Waals surface area contributed by atoms with E-state index in [9.17, 15) is 28.8 Å². The molecule has 0 aromatic rings. The molecule has 2 amide bonds. The predicted molar refractivity (Wildman–Crippen MR) is 206 cm³/mol. The summed E-state index contributed by atoms with van der Waals surface area (Å²) < 4.78 is 18.9. The molecule has 314 valence electrons. The number of methoxy groups -OCH3 is 4. The second kappa shape index (κ2) is 30.9. The Bertz CT molecular complexity index is 977. The van der Waals surface area contributed by atoms with Crippen molar-refractivity contribution in [2.24, 2.45) is 0 Å². The Balaban J connectivity index is 4.33. The van der Waals surface area contributed by atoms with Gasteiger partial charge in [0.15, 0.2) is 0 Å². The van der Waals surface area contributed by atoms with Crippen LogP contribution in [0.15, 0.2) is 0 Å². The van der Waals surface area contributed by atoms with Crippen LogP contribution in [-0.2, 0) is 47.7 Å². The van der Waals surface area contributed by atoms with E-state index in [-0.39, 0.29) is 61.4 Å². The molecule has 0 aliphatic heterocycles. The molecule has 0 aliphatic carbocycles. The lowest BCUT2D eigenvalue weighted by Crippen LogP contribution is -2.39. The van der Waals surface area contributed by atoms with Crippen LogP contribution in [0, 0.1) is 0 Å². The molecule has 0 rings (SSSR count). The zero-order chi connectivity index (χ0) is 40.9. The zero-order valence-electron chi connectivity index (χ0n) is 34.8. The van der Waals surface area contributed by atoms with E-state index in [1.165, 1.54) is 28.4 Å². The van der Waals surface area contributed by atoms with Crippen LogP contribution in [-0.4, -0.2) is 225 Å². The highest BCUT2D eigenvalue weighted by Crippen LogP contribution is 2.03. The van der Waals surface area contributed by atoms with Crippen molar-refractivity contribution in [3.63, 3.8) is 0 Å². The van der Waals surface area contributed by atoms with Gasteiger partial charge in [-0.15, -0.1) is 0 Å². The molecule has 0 heterocycles. The fourth-order valence-corrected chi connectivity index (χ4v) is 5.42. The summed E-state index contributed by atoms with van der Waals surface area (Å²) in [5.41, 5.74) is 0. The number of ether oxygens (including phenoxy) is 4. The Labute approximate surface area is 324 Å². The average Bonchev–Trinajstić information content (AvgIpc) is 3.17. The molecule has 0 unspecified atom stereocenters. The standard InChI is InChI=1S/C37H71N7O10/c1-38(18-10-20-39(2)22-12-32(45)41(4)28-30-43(24-14-34(47)51-6)25-15-35(48)52-7)19-11-21-40(3)23-13-33(46)42(5)29-31-44(26-16-36(49)53-8)27-17-37(50)54-9/h10-31H2,1-9H3. The molecule has 0 aromatic carbocycles. The van der Waals surface area contributed by atoms with Gasteiger partial charge in [-0.2, -0.15) is 0 Å². The Morgan fingerprint density at radius 2 is 0.593 bits per heavy atom. The summed E-state index contributed by atoms with van der Waals surface area (Å²) in [5.74, 6) is -1.19. The van der Waals surface area contributed by atoms with E-state index in [4.69, 9.17) is 18.9 Å². The maximum atomic E-state index is 12.8. The van der Waals surface area contributed by atoms with Crippen molar-refractivity contribution in [1.82, 2.24) is 34.3 Å². The number of nitrogens with zero attached hydrogens (tertiary/aromatic N) is 7. The Kier molecular flexibility index (Phi) is 29.0. The monoisotopic (exact) mass is 774 g/mol. The maximum absolute atomic E-state index is 12.8. The van der Waals surface area contributed by atoms with Crippen molar-refractivity contribution in [2.75, 3.05) is 155 Å². The minimum Gasteiger partial charge on any atom is -0.469 e. The number of carbonyl (C=O) groups is 6. The molecule has 17 nitrogen and oxygen atoms in total. The lowest BCUT2D eigenvalue weighted by Gasteiger charge is -2.26. The van der Waals surface area contributed by atoms with Gasteiger partial charge in [0.2, 0.25) is 11.8 Å². The van der Waals surface area contributed by atoms with Gasteiger partial charge in [0.25, 0.3) is 0 Å². The molecule has 0 bridgehead atoms. The fourth-order valence-electron chi connectivity index (χ4n) is 5.42. The molecule has 54 heavy (non-hydrogen) atoms. The van der Waals surface area contributed by atoms with Crippen LogP contribution in [0.2, 0.25) is 0 Å². The van der Waals surface area contributed by atoms with E-state index in [1.807, 2.05) is 23.9 Å². The molecule has 0 radical (unpaired) electrons. The quantitative estimate of drug-likeness (QED) is 0.0669. The maximum Gasteiger partial charge on any atom is 0.306 e. The number of likely N-dealkylation sites (N-methyl/N-ethyl adjacent to an activating group) is 2. The predicted octanol–water partition coefficient (Wildman–Crippen LogP) is 0.115. The first kappa shape index (κ1) is 50.6. The number of hydrogen-bond donors (Lipinski definition) is 0. The van der Waals surface area contributed by atoms with Crippen molar-refractivity contribution < 1.29 is 47.7 Å². The van der Waals surface area contributed by atoms with E-state index in [0.717, 1.165) is 39.0 Å². The third-order valence-corrected chi connectivity index (χ3v) is 9.37. The molecule has 0 spiro atoms. The van der Waals surface area contributed by atoms with Gasteiger partial charge in [-0.3, -0.25) is 28.8 Å². The van der Waals surface area contributed by atoms with Crippen molar-refractivity contribution in [3.05, 3.63) is 0 Å². The van der Waals surface area contributed by atoms with Crippen molar-refractivity contribution >= 4 is 35.7 Å². The number of hydrogen-bond acceptors (Lipinski definition) is 15. The molecule has 17 heteroatoms. The Hall–Kier alpha value is -3.38. The van der Waals surface area contributed by atoms with Crippen molar-refractivity contribution in [3.8, 4) is 0 Å². The van der Waals surface area contributed by atoms with Crippen molar-refractivity contribution in [1.29, 1.82) is 0 Å². The van der Waals surface area contributed by atoms with E-state index in [0.29, 0.717) is 78.3 Å². The van der Waals surface area contributed by atoms with Crippen LogP contribution in [0.3, 0.4) is 0 Å². The zero-order valence-corrected chi connectivity index (χ0v) is 34.8. The third kappa shape index (κ3) is 26.4. The highest BCUT2D eigenvalue weighted by atomic mass is 16.5. The third-order valence-electron chi connectivity index (χ3n) is 9.37. The summed E-state index contributed by atoms with van der Waals surface area (Å²) in [5, 5.41) is 0. The van der Waals surface area contributed by atoms with Crippen LogP contribution in [0.25, 0.3) is 0 Å². The second-order valence-corrected chi connectivity index (χ2v) is 13.7. The Morgan fingerprint density at radius 3 is 0.852 bits per heavy atom. The van der Waals surface area contributed by atoms with E-state index in [2.05, 4.69) is 21.7 Å². The van der Waals surface area contributed by atoms with Crippen LogP contribution in [0.5, 0.6) is 0 Å². The van der Waals surface area contributed by atoms with Crippen molar-refractivity contribution in [2.45, 2.75) is 51.4 Å². The first-order chi connectivity index (χ1) is 25.6. The smallest absolute Gasteiger partial charge is 0.306 e. The molecular formula is C37H71N7O10. The minimum absolute atomic E-state index is 0.0453. The molecule has 0 N–H and O–H groups in total. The average molecular weight is 774 g/mol. The normalized spacial score (nSPS) is 11.4. The fraction of sp³-hybridized carbons (Fsp3) is 0.838. The van der Waals surface area contributed by atoms with Gasteiger partial charge in [0, 0.05) is 92.4 Å². The minimum atomic E-state index is -0.321. The van der Waals surface area contributed by atoms with E-state index < -0.39 is 0 Å². The van der Waals surface area contributed by atoms with Gasteiger partial charge in [-0.25, -0.2) is 0 Å². The van der Waals surface area contributed by atoms with Gasteiger partial charge in [0.05, 0.1) is 54.1 Å². The molecule has 0 saturated heterocycles. The largest absolute Gasteiger partial charge is 0.469 e. The topological polar surface area (TPSA) is 162 Å². The van der Waals surface area contributed by atoms with Crippen LogP contribution < -0.4 is 0 Å². The lowest BCUT2D eigenvalue weighted by atomic mass is 10.3. The second-order valence-electron chi connectivity index (χ2n) is 13.7. The first-order valence-corrected chi connectivity index (χ1v) is 18.9. The summed E-state index contributed by atoms with van der Waals surface area (Å²) in [7, 11) is 15.1. The molecule has 0 fully saturated rings. The van der Waals surface area contributed by atoms with E-state index >= 15 is 0 Å². The molecule has 0 saturated carbocycles. The van der Waals surface area contributed by atoms with Gasteiger partial charge in [-0.05, 0) is 60.2 Å². The SMILES string of the molecule is COC(=O)CCN(CCC(=O)OC)CCN(C)C(=O)CCN(C)CCCN(C)CCCN(C)CCC(=O)N(C)CCN(CCC(=O)OC)CCC(=O)OC. The lowest BCUT2D eigenvalue weighted by molar-refractivity contribution is -0.143. The van der Waals surface area contributed by atoms with Gasteiger partial charge in [0.1, 0.15) is 0 Å². The van der Waals surface area contributed by atoms with Gasteiger partial charge < -0.3 is 53.2 Å². The number of rotatable bonds is 32. The van der Waals surface area contributed by atoms with Crippen LogP contribution in [0.4, 0.5) is 0 Å². The van der Waals surface area contributed by atoms with Crippen LogP contribution >= 0.6 is 0 Å². The summed E-state index contributed by atoms with van der Waals surface area (Å²) >= 11 is 0. The Morgan fingerprint density at radius 1 is 0.333 bits per heavy atom. The summed E-state index contributed by atoms with van der Waals surface area (Å²) in [6.45, 7) is 8.72. The highest BCUT2D eigenvalue weighted by molar-refractivity contribution is 5.76. The van der Waals surface area contributed by atoms with E-state index in [1.54, 1.807) is 23.9 Å². The highest BCUT2D eigenvalue weighted by Gasteiger charge is 2.17. The number of esters is 4. The molecular weight excluding hydrogens is 702 g/mol. The van der Waals surface area contributed by atoms with Gasteiger partial charge >= 0.3 is 23.9 Å². The first-order valence-electron chi connectivity index (χ1n) is 18.9. The number of amides is 2. The molecule has 0 aromatic heterocycles. The van der Waals surface area contributed by atoms with Crippen LogP contribution in [0.1, 0.15) is 51.4 Å². The van der Waals surface area contributed by atoms with Gasteiger partial charge in [-0.1, -0.05) is 0 Å². The molecule has 0 atom stereocenters. The molecule has 0 aliphatic rings.